The van der Waals surface area contributed by atoms with Gasteiger partial charge in [-0.3, -0.25) is 10.2 Å². The summed E-state index contributed by atoms with van der Waals surface area (Å²) in [6, 6.07) is 20.9. The lowest BCUT2D eigenvalue weighted by molar-refractivity contribution is 0.0994. The highest BCUT2D eigenvalue weighted by atomic mass is 16.1. The van der Waals surface area contributed by atoms with Crippen molar-refractivity contribution in [2.45, 2.75) is 6.42 Å². The summed E-state index contributed by atoms with van der Waals surface area (Å²) in [5.41, 5.74) is 7.77. The molecule has 3 heteroatoms. The van der Waals surface area contributed by atoms with E-state index in [1.165, 1.54) is 0 Å². The van der Waals surface area contributed by atoms with E-state index in [1.54, 1.807) is 12.1 Å². The van der Waals surface area contributed by atoms with Gasteiger partial charge in [-0.25, -0.2) is 0 Å². The first-order valence-corrected chi connectivity index (χ1v) is 7.09. The Kier molecular flexibility index (Phi) is 3.71. The van der Waals surface area contributed by atoms with E-state index in [1.807, 2.05) is 54.6 Å². The number of fused-ring (bicyclic) bond motifs is 1. The fourth-order valence-corrected chi connectivity index (χ4v) is 2.55. The molecule has 0 amide bonds. The number of nitrogen functional groups attached to an aromatic ring is 1. The summed E-state index contributed by atoms with van der Waals surface area (Å²) in [5, 5.41) is 9.43. The largest absolute Gasteiger partial charge is 0.384 e. The second-order valence-corrected chi connectivity index (χ2v) is 5.24. The molecule has 3 nitrogen and oxygen atoms in total. The highest BCUT2D eigenvalue weighted by Crippen LogP contribution is 2.20. The van der Waals surface area contributed by atoms with E-state index in [0.717, 1.165) is 21.9 Å². The average molecular weight is 288 g/mol. The Morgan fingerprint density at radius 3 is 2.32 bits per heavy atom. The molecule has 3 aromatic rings. The average Bonchev–Trinajstić information content (AvgIpc) is 2.54. The summed E-state index contributed by atoms with van der Waals surface area (Å²) in [7, 11) is 0. The van der Waals surface area contributed by atoms with Crippen molar-refractivity contribution in [2.75, 3.05) is 0 Å². The number of hydrogen-bond donors (Lipinski definition) is 2. The quantitative estimate of drug-likeness (QED) is 0.438. The minimum atomic E-state index is 0.0342. The summed E-state index contributed by atoms with van der Waals surface area (Å²) in [6.45, 7) is 0. The smallest absolute Gasteiger partial charge is 0.167 e. The van der Waals surface area contributed by atoms with Crippen LogP contribution in [0.15, 0.2) is 66.7 Å². The first kappa shape index (κ1) is 14.0. The maximum Gasteiger partial charge on any atom is 0.167 e. The molecule has 0 saturated heterocycles. The van der Waals surface area contributed by atoms with E-state index in [9.17, 15) is 4.79 Å². The predicted molar refractivity (Wildman–Crippen MR) is 89.4 cm³/mol. The van der Waals surface area contributed by atoms with Gasteiger partial charge in [-0.2, -0.15) is 0 Å². The van der Waals surface area contributed by atoms with E-state index in [4.69, 9.17) is 11.1 Å². The second-order valence-electron chi connectivity index (χ2n) is 5.24. The minimum absolute atomic E-state index is 0.0342. The molecule has 22 heavy (non-hydrogen) atoms. The van der Waals surface area contributed by atoms with Crippen LogP contribution in [0.2, 0.25) is 0 Å². The zero-order valence-electron chi connectivity index (χ0n) is 12.0. The summed E-state index contributed by atoms with van der Waals surface area (Å²) in [5.74, 6) is 0.124. The van der Waals surface area contributed by atoms with Crippen molar-refractivity contribution < 1.29 is 4.79 Å². The minimum Gasteiger partial charge on any atom is -0.384 e. The van der Waals surface area contributed by atoms with Crippen LogP contribution in [0, 0.1) is 5.41 Å². The third kappa shape index (κ3) is 2.74. The van der Waals surface area contributed by atoms with Crippen LogP contribution in [0.25, 0.3) is 10.8 Å². The van der Waals surface area contributed by atoms with Crippen LogP contribution in [0.3, 0.4) is 0 Å². The Bertz CT molecular complexity index is 845. The Labute approximate surface area is 128 Å². The Hall–Kier alpha value is -2.94. The predicted octanol–water partition coefficient (Wildman–Crippen LogP) is 3.55. The number of rotatable bonds is 4. The molecular weight excluding hydrogens is 272 g/mol. The van der Waals surface area contributed by atoms with Crippen molar-refractivity contribution in [3.05, 3.63) is 83.4 Å². The van der Waals surface area contributed by atoms with Gasteiger partial charge in [0.2, 0.25) is 0 Å². The molecule has 0 atom stereocenters. The Morgan fingerprint density at radius 1 is 0.909 bits per heavy atom. The topological polar surface area (TPSA) is 66.9 Å². The second kappa shape index (κ2) is 5.82. The molecule has 0 aliphatic heterocycles. The molecule has 0 radical (unpaired) electrons. The van der Waals surface area contributed by atoms with Gasteiger partial charge in [0.15, 0.2) is 5.78 Å². The van der Waals surface area contributed by atoms with E-state index in [2.05, 4.69) is 0 Å². The lowest BCUT2D eigenvalue weighted by Crippen LogP contribution is -2.11. The zero-order chi connectivity index (χ0) is 15.5. The van der Waals surface area contributed by atoms with Crippen LogP contribution in [0.5, 0.6) is 0 Å². The summed E-state index contributed by atoms with van der Waals surface area (Å²) >= 11 is 0. The monoisotopic (exact) mass is 288 g/mol. The van der Waals surface area contributed by atoms with Crippen molar-refractivity contribution in [3.63, 3.8) is 0 Å². The molecule has 0 spiro atoms. The van der Waals surface area contributed by atoms with Gasteiger partial charge >= 0.3 is 0 Å². The van der Waals surface area contributed by atoms with Crippen molar-refractivity contribution >= 4 is 22.4 Å². The highest BCUT2D eigenvalue weighted by Gasteiger charge is 2.10. The van der Waals surface area contributed by atoms with Crippen LogP contribution in [-0.2, 0) is 6.42 Å². The number of nitrogens with one attached hydrogen (secondary N) is 1. The number of amidine groups is 1. The maximum absolute atomic E-state index is 12.6. The molecule has 3 N–H and O–H groups in total. The number of hydrogen-bond acceptors (Lipinski definition) is 2. The molecule has 0 fully saturated rings. The molecule has 0 bridgehead atoms. The third-order valence-electron chi connectivity index (χ3n) is 3.72. The molecular formula is C19H16N2O. The number of Topliss-reactive ketones (excluding diaryl/α,β-unsaturated/α-hetero) is 1. The first-order valence-electron chi connectivity index (χ1n) is 7.09. The summed E-state index contributed by atoms with van der Waals surface area (Å²) in [4.78, 5) is 12.6. The van der Waals surface area contributed by atoms with Crippen LogP contribution in [0.4, 0.5) is 0 Å². The van der Waals surface area contributed by atoms with Crippen LogP contribution in [0.1, 0.15) is 21.5 Å². The van der Waals surface area contributed by atoms with Gasteiger partial charge in [0.1, 0.15) is 5.84 Å². The van der Waals surface area contributed by atoms with Crippen molar-refractivity contribution in [1.29, 1.82) is 5.41 Å². The van der Waals surface area contributed by atoms with Crippen LogP contribution >= 0.6 is 0 Å². The van der Waals surface area contributed by atoms with Gasteiger partial charge in [-0.05, 0) is 16.3 Å². The van der Waals surface area contributed by atoms with E-state index in [0.29, 0.717) is 12.0 Å². The van der Waals surface area contributed by atoms with Gasteiger partial charge in [-0.1, -0.05) is 66.7 Å². The van der Waals surface area contributed by atoms with Gasteiger partial charge < -0.3 is 5.73 Å². The number of nitrogens with two attached hydrogens (primary N) is 1. The van der Waals surface area contributed by atoms with Gasteiger partial charge in [0, 0.05) is 17.5 Å². The first-order chi connectivity index (χ1) is 10.6. The van der Waals surface area contributed by atoms with E-state index in [-0.39, 0.29) is 11.6 Å². The van der Waals surface area contributed by atoms with E-state index < -0.39 is 0 Å². The lowest BCUT2D eigenvalue weighted by Gasteiger charge is -2.06. The van der Waals surface area contributed by atoms with Gasteiger partial charge in [0.25, 0.3) is 0 Å². The van der Waals surface area contributed by atoms with Crippen molar-refractivity contribution in [2.24, 2.45) is 5.73 Å². The standard InChI is InChI=1S/C19H16N2O/c20-19(21)15-10-8-13(9-11-15)12-18(22)17-7-3-5-14-4-1-2-6-16(14)17/h1-11H,12H2,(H3,20,21). The fraction of sp³-hybridized carbons (Fsp3) is 0.0526. The SMILES string of the molecule is N=C(N)c1ccc(CC(=O)c2cccc3ccccc23)cc1. The van der Waals surface area contributed by atoms with Crippen molar-refractivity contribution in [3.8, 4) is 0 Å². The van der Waals surface area contributed by atoms with Crippen LogP contribution < -0.4 is 5.73 Å². The van der Waals surface area contributed by atoms with Gasteiger partial charge in [-0.15, -0.1) is 0 Å². The van der Waals surface area contributed by atoms with Gasteiger partial charge in [0.05, 0.1) is 0 Å². The lowest BCUT2D eigenvalue weighted by atomic mass is 9.97. The number of carbonyl (C=O) groups excluding carboxylic acids is 1. The summed E-state index contributed by atoms with van der Waals surface area (Å²) in [6.07, 6.45) is 0.339. The molecule has 3 rings (SSSR count). The molecule has 0 aliphatic rings. The number of benzene rings is 3. The fourth-order valence-electron chi connectivity index (χ4n) is 2.55. The maximum atomic E-state index is 12.6. The van der Waals surface area contributed by atoms with E-state index >= 15 is 0 Å². The Balaban J connectivity index is 1.89. The molecule has 0 aromatic heterocycles. The zero-order valence-corrected chi connectivity index (χ0v) is 12.0. The molecule has 0 saturated carbocycles. The molecule has 0 aliphatic carbocycles. The Morgan fingerprint density at radius 2 is 1.59 bits per heavy atom. The van der Waals surface area contributed by atoms with Crippen molar-refractivity contribution in [1.82, 2.24) is 0 Å². The number of ketones is 1. The highest BCUT2D eigenvalue weighted by molar-refractivity contribution is 6.08. The third-order valence-corrected chi connectivity index (χ3v) is 3.72. The molecule has 3 aromatic carbocycles. The summed E-state index contributed by atoms with van der Waals surface area (Å²) < 4.78 is 0. The number of carbonyl (C=O) groups is 1. The normalized spacial score (nSPS) is 10.5. The molecule has 0 unspecified atom stereocenters. The van der Waals surface area contributed by atoms with Crippen LogP contribution in [-0.4, -0.2) is 11.6 Å². The molecule has 108 valence electrons. The molecule has 0 heterocycles.